The minimum atomic E-state index is -0.314. The predicted octanol–water partition coefficient (Wildman–Crippen LogP) is 3.98. The molecule has 0 radical (unpaired) electrons. The van der Waals surface area contributed by atoms with Crippen molar-refractivity contribution in [2.45, 2.75) is 19.4 Å². The third-order valence-electron chi connectivity index (χ3n) is 6.16. The molecule has 0 bridgehead atoms. The van der Waals surface area contributed by atoms with Crippen LogP contribution in [0.1, 0.15) is 18.4 Å². The van der Waals surface area contributed by atoms with Gasteiger partial charge in [-0.15, -0.1) is 0 Å². The molecule has 0 aliphatic carbocycles. The fraction of sp³-hybridized carbons (Fsp3) is 0.423. The molecular weight excluding hydrogens is 421 g/mol. The van der Waals surface area contributed by atoms with Crippen molar-refractivity contribution in [1.82, 2.24) is 15.2 Å². The summed E-state index contributed by atoms with van der Waals surface area (Å²) in [4.78, 5) is 18.6. The van der Waals surface area contributed by atoms with E-state index in [1.165, 1.54) is 23.1 Å². The number of piperidine rings is 1. The van der Waals surface area contributed by atoms with Crippen molar-refractivity contribution in [3.05, 3.63) is 66.1 Å². The number of H-pyrrole nitrogens is 1. The number of aromatic nitrogens is 1. The summed E-state index contributed by atoms with van der Waals surface area (Å²) in [7, 11) is 1.66. The van der Waals surface area contributed by atoms with Gasteiger partial charge in [0.1, 0.15) is 11.6 Å². The number of benzene rings is 2. The topological polar surface area (TPSA) is 66.6 Å². The maximum Gasteiger partial charge on any atom is 0.224 e. The minimum absolute atomic E-state index is 0.0745. The Balaban J connectivity index is 1.43. The molecular formula is C26H32FN3O3. The van der Waals surface area contributed by atoms with Crippen LogP contribution in [0.25, 0.3) is 10.9 Å². The van der Waals surface area contributed by atoms with Gasteiger partial charge >= 0.3 is 0 Å². The summed E-state index contributed by atoms with van der Waals surface area (Å²) in [6, 6.07) is 14.5. The monoisotopic (exact) mass is 453 g/mol. The molecule has 0 spiro atoms. The van der Waals surface area contributed by atoms with Crippen LogP contribution in [0.15, 0.2) is 54.7 Å². The summed E-state index contributed by atoms with van der Waals surface area (Å²) in [6.45, 7) is 3.96. The Morgan fingerprint density at radius 1 is 1.21 bits per heavy atom. The molecule has 4 rings (SSSR count). The third-order valence-corrected chi connectivity index (χ3v) is 6.16. The van der Waals surface area contributed by atoms with E-state index < -0.39 is 0 Å². The van der Waals surface area contributed by atoms with E-state index in [1.807, 2.05) is 12.1 Å². The van der Waals surface area contributed by atoms with E-state index in [4.69, 9.17) is 9.47 Å². The second-order valence-corrected chi connectivity index (χ2v) is 8.76. The number of nitrogens with zero attached hydrogens (tertiary/aromatic N) is 1. The molecule has 1 aliphatic heterocycles. The quantitative estimate of drug-likeness (QED) is 0.456. The van der Waals surface area contributed by atoms with Crippen LogP contribution in [0.5, 0.6) is 5.75 Å². The first-order chi connectivity index (χ1) is 16.1. The number of hydrogen-bond donors (Lipinski definition) is 2. The molecule has 2 aromatic carbocycles. The van der Waals surface area contributed by atoms with E-state index in [2.05, 4.69) is 33.5 Å². The normalized spacial score (nSPS) is 19.0. The molecule has 1 saturated heterocycles. The van der Waals surface area contributed by atoms with Gasteiger partial charge < -0.3 is 19.8 Å². The first-order valence-electron chi connectivity index (χ1n) is 11.5. The van der Waals surface area contributed by atoms with Crippen LogP contribution in [-0.2, 0) is 16.1 Å². The third kappa shape index (κ3) is 6.33. The molecule has 1 aromatic heterocycles. The molecule has 3 aromatic rings. The van der Waals surface area contributed by atoms with Crippen molar-refractivity contribution in [3.8, 4) is 5.75 Å². The zero-order valence-electron chi connectivity index (χ0n) is 19.1. The van der Waals surface area contributed by atoms with E-state index >= 15 is 0 Å². The van der Waals surface area contributed by atoms with Gasteiger partial charge in [0.2, 0.25) is 5.91 Å². The largest absolute Gasteiger partial charge is 0.493 e. The highest BCUT2D eigenvalue weighted by Crippen LogP contribution is 2.27. The Morgan fingerprint density at radius 3 is 2.94 bits per heavy atom. The van der Waals surface area contributed by atoms with E-state index in [-0.39, 0.29) is 23.6 Å². The Labute approximate surface area is 194 Å². The lowest BCUT2D eigenvalue weighted by Gasteiger charge is -2.37. The van der Waals surface area contributed by atoms with Gasteiger partial charge in [-0.25, -0.2) is 4.39 Å². The molecule has 33 heavy (non-hydrogen) atoms. The number of carbonyl (C=O) groups excluding carboxylic acids is 1. The number of ether oxygens (including phenoxy) is 2. The summed E-state index contributed by atoms with van der Waals surface area (Å²) in [5, 5.41) is 4.26. The Morgan fingerprint density at radius 2 is 2.09 bits per heavy atom. The number of rotatable bonds is 10. The molecule has 1 amide bonds. The second kappa shape index (κ2) is 11.3. The van der Waals surface area contributed by atoms with Gasteiger partial charge in [-0.2, -0.15) is 0 Å². The summed E-state index contributed by atoms with van der Waals surface area (Å²) in [6.07, 6.45) is 3.59. The number of nitrogens with one attached hydrogen (secondary N) is 2. The first-order valence-corrected chi connectivity index (χ1v) is 11.5. The number of amides is 1. The lowest BCUT2D eigenvalue weighted by atomic mass is 9.88. The predicted molar refractivity (Wildman–Crippen MR) is 127 cm³/mol. The highest BCUT2D eigenvalue weighted by atomic mass is 19.1. The van der Waals surface area contributed by atoms with Crippen LogP contribution in [0, 0.1) is 17.7 Å². The molecule has 2 N–H and O–H groups in total. The van der Waals surface area contributed by atoms with Crippen LogP contribution < -0.4 is 10.1 Å². The van der Waals surface area contributed by atoms with Gasteiger partial charge in [-0.3, -0.25) is 9.69 Å². The molecule has 0 unspecified atom stereocenters. The molecule has 6 nitrogen and oxygen atoms in total. The summed E-state index contributed by atoms with van der Waals surface area (Å²) < 4.78 is 24.5. The van der Waals surface area contributed by atoms with Gasteiger partial charge in [0.25, 0.3) is 0 Å². The van der Waals surface area contributed by atoms with Crippen LogP contribution >= 0.6 is 0 Å². The summed E-state index contributed by atoms with van der Waals surface area (Å²) in [5.41, 5.74) is 2.33. The second-order valence-electron chi connectivity index (χ2n) is 8.76. The SMILES string of the molecule is COCCCNC(=O)[C@@H]1C[C@H](COc2cccc(F)c2)CN(Cc2c[nH]c3ccccc23)C1. The molecule has 1 fully saturated rings. The number of likely N-dealkylation sites (tertiary alicyclic amines) is 1. The van der Waals surface area contributed by atoms with Crippen molar-refractivity contribution in [2.75, 3.05) is 40.0 Å². The fourth-order valence-electron chi connectivity index (χ4n) is 4.59. The van der Waals surface area contributed by atoms with Gasteiger partial charge in [0.15, 0.2) is 0 Å². The van der Waals surface area contributed by atoms with E-state index in [1.54, 1.807) is 19.2 Å². The molecule has 7 heteroatoms. The molecule has 1 aliphatic rings. The molecule has 2 atom stereocenters. The van der Waals surface area contributed by atoms with Crippen LogP contribution in [0.2, 0.25) is 0 Å². The van der Waals surface area contributed by atoms with E-state index in [9.17, 15) is 9.18 Å². The highest BCUT2D eigenvalue weighted by molar-refractivity contribution is 5.83. The number of hydrogen-bond acceptors (Lipinski definition) is 4. The zero-order valence-corrected chi connectivity index (χ0v) is 19.1. The maximum atomic E-state index is 13.5. The van der Waals surface area contributed by atoms with Gasteiger partial charge in [0, 0.05) is 69.0 Å². The average molecular weight is 454 g/mol. The number of halogens is 1. The van der Waals surface area contributed by atoms with Crippen molar-refractivity contribution < 1.29 is 18.7 Å². The number of fused-ring (bicyclic) bond motifs is 1. The number of carbonyl (C=O) groups is 1. The van der Waals surface area contributed by atoms with E-state index in [0.29, 0.717) is 32.1 Å². The fourth-order valence-corrected chi connectivity index (χ4v) is 4.59. The zero-order chi connectivity index (χ0) is 23.0. The lowest BCUT2D eigenvalue weighted by Crippen LogP contribution is -2.47. The number of methoxy groups -OCH3 is 1. The average Bonchev–Trinajstić information content (AvgIpc) is 3.23. The first kappa shape index (κ1) is 23.3. The van der Waals surface area contributed by atoms with Crippen molar-refractivity contribution >= 4 is 16.8 Å². The van der Waals surface area contributed by atoms with Crippen LogP contribution in [0.3, 0.4) is 0 Å². The lowest BCUT2D eigenvalue weighted by molar-refractivity contribution is -0.127. The maximum absolute atomic E-state index is 13.5. The number of aromatic amines is 1. The molecule has 0 saturated carbocycles. The standard InChI is InChI=1S/C26H32FN3O3/c1-32-11-5-10-28-26(31)20-12-19(18-33-23-7-4-6-22(27)13-23)15-30(16-20)17-21-14-29-25-9-3-2-8-24(21)25/h2-4,6-9,13-14,19-20,29H,5,10-12,15-18H2,1H3,(H,28,31)/t19-,20+/m0/s1. The van der Waals surface area contributed by atoms with Gasteiger partial charge in [0.05, 0.1) is 12.5 Å². The highest BCUT2D eigenvalue weighted by Gasteiger charge is 2.32. The van der Waals surface area contributed by atoms with Crippen LogP contribution in [-0.4, -0.2) is 55.7 Å². The molecule has 2 heterocycles. The Bertz CT molecular complexity index is 1050. The summed E-state index contributed by atoms with van der Waals surface area (Å²) in [5.74, 6) is 0.329. The van der Waals surface area contributed by atoms with Crippen molar-refractivity contribution in [3.63, 3.8) is 0 Å². The smallest absolute Gasteiger partial charge is 0.224 e. The van der Waals surface area contributed by atoms with Gasteiger partial charge in [-0.1, -0.05) is 24.3 Å². The minimum Gasteiger partial charge on any atom is -0.493 e. The van der Waals surface area contributed by atoms with Crippen LogP contribution in [0.4, 0.5) is 4.39 Å². The Kier molecular flexibility index (Phi) is 7.96. The van der Waals surface area contributed by atoms with Gasteiger partial charge in [-0.05, 0) is 36.6 Å². The van der Waals surface area contributed by atoms with E-state index in [0.717, 1.165) is 31.4 Å². The molecule has 176 valence electrons. The number of para-hydroxylation sites is 1. The van der Waals surface area contributed by atoms with Crippen molar-refractivity contribution in [2.24, 2.45) is 11.8 Å². The summed E-state index contributed by atoms with van der Waals surface area (Å²) >= 11 is 0. The van der Waals surface area contributed by atoms with Crippen molar-refractivity contribution in [1.29, 1.82) is 0 Å². The Hall–Kier alpha value is -2.90.